The van der Waals surface area contributed by atoms with Crippen LogP contribution in [0.3, 0.4) is 0 Å². The molecule has 0 radical (unpaired) electrons. The van der Waals surface area contributed by atoms with Crippen LogP contribution < -0.4 is 0 Å². The van der Waals surface area contributed by atoms with Crippen molar-refractivity contribution in [2.75, 3.05) is 6.61 Å². The number of benzene rings is 2. The van der Waals surface area contributed by atoms with Gasteiger partial charge in [-0.05, 0) is 29.3 Å². The predicted octanol–water partition coefficient (Wildman–Crippen LogP) is 5.64. The van der Waals surface area contributed by atoms with E-state index in [-0.39, 0.29) is 5.04 Å². The molecule has 144 valence electrons. The molecule has 2 rings (SSSR count). The Kier molecular flexibility index (Phi) is 7.40. The SMILES string of the molecule is CC(C)(C)[Si](C)(C)OCC#CC(c1ccccc1)N(O)Cc1ccccc1. The molecule has 0 heterocycles. The highest BCUT2D eigenvalue weighted by molar-refractivity contribution is 6.74. The molecular weight excluding hydrogens is 350 g/mol. The quantitative estimate of drug-likeness (QED) is 0.399. The van der Waals surface area contributed by atoms with Gasteiger partial charge in [0.2, 0.25) is 0 Å². The van der Waals surface area contributed by atoms with Crippen LogP contribution in [0.25, 0.3) is 0 Å². The first-order valence-corrected chi connectivity index (χ1v) is 12.3. The van der Waals surface area contributed by atoms with Crippen molar-refractivity contribution in [3.63, 3.8) is 0 Å². The van der Waals surface area contributed by atoms with E-state index in [2.05, 4.69) is 45.7 Å². The molecular formula is C23H31NO2Si. The number of rotatable bonds is 6. The third-order valence-electron chi connectivity index (χ3n) is 5.15. The molecule has 1 unspecified atom stereocenters. The summed E-state index contributed by atoms with van der Waals surface area (Å²) < 4.78 is 6.14. The summed E-state index contributed by atoms with van der Waals surface area (Å²) in [7, 11) is -1.82. The molecule has 0 aliphatic rings. The largest absolute Gasteiger partial charge is 0.406 e. The van der Waals surface area contributed by atoms with Gasteiger partial charge in [-0.1, -0.05) is 93.3 Å². The van der Waals surface area contributed by atoms with Crippen LogP contribution in [0.5, 0.6) is 0 Å². The average Bonchev–Trinajstić information content (AvgIpc) is 2.62. The Hall–Kier alpha value is -1.90. The van der Waals surface area contributed by atoms with E-state index in [1.807, 2.05) is 60.7 Å². The predicted molar refractivity (Wildman–Crippen MR) is 114 cm³/mol. The van der Waals surface area contributed by atoms with E-state index >= 15 is 0 Å². The van der Waals surface area contributed by atoms with Gasteiger partial charge in [0, 0.05) is 0 Å². The summed E-state index contributed by atoms with van der Waals surface area (Å²) in [4.78, 5) is 0. The summed E-state index contributed by atoms with van der Waals surface area (Å²) in [6, 6.07) is 19.4. The third-order valence-corrected chi connectivity index (χ3v) is 9.63. The monoisotopic (exact) mass is 381 g/mol. The van der Waals surface area contributed by atoms with E-state index in [1.54, 1.807) is 0 Å². The van der Waals surface area contributed by atoms with Crippen LogP contribution in [-0.2, 0) is 11.0 Å². The lowest BCUT2D eigenvalue weighted by atomic mass is 10.1. The zero-order chi connectivity index (χ0) is 19.9. The average molecular weight is 382 g/mol. The van der Waals surface area contributed by atoms with Crippen LogP contribution in [-0.4, -0.2) is 25.2 Å². The molecule has 1 atom stereocenters. The highest BCUT2D eigenvalue weighted by atomic mass is 28.4. The molecule has 0 fully saturated rings. The molecule has 0 aromatic heterocycles. The first-order chi connectivity index (χ1) is 12.7. The van der Waals surface area contributed by atoms with Crippen molar-refractivity contribution in [1.29, 1.82) is 0 Å². The summed E-state index contributed by atoms with van der Waals surface area (Å²) in [6.45, 7) is 11.9. The Balaban J connectivity index is 2.13. The Morgan fingerprint density at radius 1 is 1.00 bits per heavy atom. The van der Waals surface area contributed by atoms with Crippen molar-refractivity contribution in [2.45, 2.75) is 51.5 Å². The minimum atomic E-state index is -1.82. The van der Waals surface area contributed by atoms with Crippen molar-refractivity contribution in [1.82, 2.24) is 5.06 Å². The Labute approximate surface area is 165 Å². The Morgan fingerprint density at radius 2 is 1.56 bits per heavy atom. The van der Waals surface area contributed by atoms with E-state index < -0.39 is 14.4 Å². The molecule has 0 aliphatic carbocycles. The number of hydrogen-bond donors (Lipinski definition) is 1. The van der Waals surface area contributed by atoms with Crippen LogP contribution in [0.15, 0.2) is 60.7 Å². The van der Waals surface area contributed by atoms with E-state index in [4.69, 9.17) is 4.43 Å². The molecule has 0 spiro atoms. The lowest BCUT2D eigenvalue weighted by Gasteiger charge is -2.35. The topological polar surface area (TPSA) is 32.7 Å². The normalized spacial score (nSPS) is 13.1. The van der Waals surface area contributed by atoms with Crippen molar-refractivity contribution in [3.05, 3.63) is 71.8 Å². The van der Waals surface area contributed by atoms with Crippen LogP contribution in [0.2, 0.25) is 18.1 Å². The standard InChI is InChI=1S/C23H31NO2Si/c1-23(2,3)27(4,5)26-18-12-17-22(21-15-10-7-11-16-21)24(25)19-20-13-8-6-9-14-20/h6-11,13-16,22,25H,18-19H2,1-5H3. The van der Waals surface area contributed by atoms with Gasteiger partial charge in [-0.15, -0.1) is 0 Å². The second-order valence-electron chi connectivity index (χ2n) is 8.27. The first kappa shape index (κ1) is 21.4. The highest BCUT2D eigenvalue weighted by Gasteiger charge is 2.36. The van der Waals surface area contributed by atoms with Gasteiger partial charge in [0.15, 0.2) is 8.32 Å². The first-order valence-electron chi connectivity index (χ1n) is 9.37. The second-order valence-corrected chi connectivity index (χ2v) is 13.1. The summed E-state index contributed by atoms with van der Waals surface area (Å²) in [6.07, 6.45) is 0. The molecule has 27 heavy (non-hydrogen) atoms. The fourth-order valence-corrected chi connectivity index (χ4v) is 3.26. The Morgan fingerprint density at radius 3 is 2.11 bits per heavy atom. The number of hydroxylamine groups is 2. The fourth-order valence-electron chi connectivity index (χ4n) is 2.40. The van der Waals surface area contributed by atoms with Gasteiger partial charge in [0.25, 0.3) is 0 Å². The molecule has 0 aliphatic heterocycles. The minimum absolute atomic E-state index is 0.157. The lowest BCUT2D eigenvalue weighted by molar-refractivity contribution is -0.121. The van der Waals surface area contributed by atoms with Gasteiger partial charge in [0.05, 0.1) is 13.2 Å². The van der Waals surface area contributed by atoms with E-state index in [9.17, 15) is 5.21 Å². The van der Waals surface area contributed by atoms with Crippen LogP contribution in [0.1, 0.15) is 37.9 Å². The second kappa shape index (κ2) is 9.34. The zero-order valence-electron chi connectivity index (χ0n) is 17.1. The molecule has 1 N–H and O–H groups in total. The van der Waals surface area contributed by atoms with Crippen molar-refractivity contribution in [2.24, 2.45) is 0 Å². The molecule has 2 aromatic carbocycles. The van der Waals surface area contributed by atoms with Gasteiger partial charge in [-0.25, -0.2) is 0 Å². The smallest absolute Gasteiger partial charge is 0.193 e. The van der Waals surface area contributed by atoms with Crippen molar-refractivity contribution in [3.8, 4) is 11.8 Å². The summed E-state index contributed by atoms with van der Waals surface area (Å²) in [5.74, 6) is 6.34. The Bertz CT molecular complexity index is 758. The van der Waals surface area contributed by atoms with Crippen LogP contribution >= 0.6 is 0 Å². The molecule has 3 nitrogen and oxygen atoms in total. The maximum absolute atomic E-state index is 10.7. The molecule has 0 bridgehead atoms. The maximum atomic E-state index is 10.7. The molecule has 0 saturated carbocycles. The number of nitrogens with zero attached hydrogens (tertiary/aromatic N) is 1. The van der Waals surface area contributed by atoms with E-state index in [1.165, 1.54) is 5.06 Å². The van der Waals surface area contributed by atoms with Crippen LogP contribution in [0, 0.1) is 11.8 Å². The summed E-state index contributed by atoms with van der Waals surface area (Å²) in [5.41, 5.74) is 2.01. The van der Waals surface area contributed by atoms with E-state index in [0.29, 0.717) is 13.2 Å². The fraction of sp³-hybridized carbons (Fsp3) is 0.391. The van der Waals surface area contributed by atoms with Crippen molar-refractivity contribution >= 4 is 8.32 Å². The zero-order valence-corrected chi connectivity index (χ0v) is 18.1. The van der Waals surface area contributed by atoms with E-state index in [0.717, 1.165) is 11.1 Å². The molecule has 0 saturated heterocycles. The van der Waals surface area contributed by atoms with Crippen molar-refractivity contribution < 1.29 is 9.63 Å². The highest BCUT2D eigenvalue weighted by Crippen LogP contribution is 2.36. The van der Waals surface area contributed by atoms with Gasteiger partial charge in [-0.2, -0.15) is 5.06 Å². The molecule has 0 amide bonds. The molecule has 2 aromatic rings. The van der Waals surface area contributed by atoms with Gasteiger partial charge >= 0.3 is 0 Å². The third kappa shape index (κ3) is 6.33. The van der Waals surface area contributed by atoms with Crippen LogP contribution in [0.4, 0.5) is 0 Å². The molecule has 4 heteroatoms. The van der Waals surface area contributed by atoms with Gasteiger partial charge < -0.3 is 9.63 Å². The number of hydrogen-bond acceptors (Lipinski definition) is 3. The van der Waals surface area contributed by atoms with Gasteiger partial charge in [0.1, 0.15) is 6.04 Å². The summed E-state index contributed by atoms with van der Waals surface area (Å²) in [5, 5.41) is 12.2. The minimum Gasteiger partial charge on any atom is -0.406 e. The van der Waals surface area contributed by atoms with Gasteiger partial charge in [-0.3, -0.25) is 0 Å². The maximum Gasteiger partial charge on any atom is 0.193 e. The summed E-state index contributed by atoms with van der Waals surface area (Å²) >= 11 is 0. The lowest BCUT2D eigenvalue weighted by Crippen LogP contribution is -2.40.